The van der Waals surface area contributed by atoms with Crippen molar-refractivity contribution in [1.29, 1.82) is 0 Å². The third kappa shape index (κ3) is 3.06. The van der Waals surface area contributed by atoms with E-state index in [0.29, 0.717) is 23.7 Å². The van der Waals surface area contributed by atoms with E-state index in [1.165, 1.54) is 11.0 Å². The molecule has 0 atom stereocenters. The first-order valence-corrected chi connectivity index (χ1v) is 9.57. The molecule has 0 bridgehead atoms. The Morgan fingerprint density at radius 2 is 1.96 bits per heavy atom. The van der Waals surface area contributed by atoms with Crippen LogP contribution in [0.15, 0.2) is 15.7 Å². The summed E-state index contributed by atoms with van der Waals surface area (Å²) in [7, 11) is 0. The molecule has 2 heterocycles. The minimum atomic E-state index is -0.543. The van der Waals surface area contributed by atoms with Crippen LogP contribution in [-0.2, 0) is 6.54 Å². The lowest BCUT2D eigenvalue weighted by molar-refractivity contribution is 0.0929. The van der Waals surface area contributed by atoms with Gasteiger partial charge in [0.05, 0.1) is 10.9 Å². The quantitative estimate of drug-likeness (QED) is 0.876. The number of rotatable bonds is 4. The van der Waals surface area contributed by atoms with E-state index in [-0.39, 0.29) is 17.3 Å². The van der Waals surface area contributed by atoms with Crippen molar-refractivity contribution < 1.29 is 4.79 Å². The standard InChI is InChI=1S/C19H24N4O3/c1-2-23-16-15(18(25)22-19(23)26)13(10-14(21-16)11-8-9-11)17(24)20-12-6-4-3-5-7-12/h10-12H,2-9H2,1H3,(H,20,24)(H,22,25,26). The van der Waals surface area contributed by atoms with Crippen molar-refractivity contribution in [3.05, 3.63) is 38.2 Å². The number of amides is 1. The fourth-order valence-electron chi connectivity index (χ4n) is 3.86. The second-order valence-corrected chi connectivity index (χ2v) is 7.38. The molecule has 0 saturated heterocycles. The molecule has 2 saturated carbocycles. The fraction of sp³-hybridized carbons (Fsp3) is 0.579. The molecule has 0 radical (unpaired) electrons. The predicted molar refractivity (Wildman–Crippen MR) is 98.6 cm³/mol. The van der Waals surface area contributed by atoms with Gasteiger partial charge in [0, 0.05) is 24.2 Å². The Hall–Kier alpha value is -2.44. The smallest absolute Gasteiger partial charge is 0.329 e. The van der Waals surface area contributed by atoms with Gasteiger partial charge < -0.3 is 5.32 Å². The average molecular weight is 356 g/mol. The molecule has 2 aliphatic rings. The van der Waals surface area contributed by atoms with Gasteiger partial charge in [0.1, 0.15) is 0 Å². The zero-order valence-electron chi connectivity index (χ0n) is 15.0. The molecular formula is C19H24N4O3. The second kappa shape index (κ2) is 6.70. The van der Waals surface area contributed by atoms with Crippen LogP contribution in [0, 0.1) is 0 Å². The zero-order chi connectivity index (χ0) is 18.3. The highest BCUT2D eigenvalue weighted by atomic mass is 16.2. The van der Waals surface area contributed by atoms with Crippen molar-refractivity contribution >= 4 is 16.9 Å². The van der Waals surface area contributed by atoms with Gasteiger partial charge in [0.15, 0.2) is 5.65 Å². The van der Waals surface area contributed by atoms with Gasteiger partial charge in [-0.2, -0.15) is 0 Å². The van der Waals surface area contributed by atoms with Crippen molar-refractivity contribution in [1.82, 2.24) is 19.9 Å². The maximum atomic E-state index is 13.0. The van der Waals surface area contributed by atoms with Gasteiger partial charge in [-0.1, -0.05) is 19.3 Å². The summed E-state index contributed by atoms with van der Waals surface area (Å²) >= 11 is 0. The van der Waals surface area contributed by atoms with Crippen LogP contribution in [0.5, 0.6) is 0 Å². The number of hydrogen-bond donors (Lipinski definition) is 2. The van der Waals surface area contributed by atoms with Crippen molar-refractivity contribution in [2.45, 2.75) is 70.4 Å². The van der Waals surface area contributed by atoms with Crippen LogP contribution in [-0.4, -0.2) is 26.5 Å². The molecule has 26 heavy (non-hydrogen) atoms. The van der Waals surface area contributed by atoms with E-state index in [9.17, 15) is 14.4 Å². The summed E-state index contributed by atoms with van der Waals surface area (Å²) in [5, 5.41) is 3.30. The molecule has 2 fully saturated rings. The number of aromatic nitrogens is 3. The van der Waals surface area contributed by atoms with Gasteiger partial charge in [0.25, 0.3) is 11.5 Å². The molecule has 1 amide bonds. The lowest BCUT2D eigenvalue weighted by atomic mass is 9.95. The monoisotopic (exact) mass is 356 g/mol. The maximum Gasteiger partial charge on any atom is 0.329 e. The molecule has 0 aromatic carbocycles. The minimum Gasteiger partial charge on any atom is -0.349 e. The number of carbonyl (C=O) groups excluding carboxylic acids is 1. The first-order valence-electron chi connectivity index (χ1n) is 9.57. The Morgan fingerprint density at radius 1 is 1.23 bits per heavy atom. The van der Waals surface area contributed by atoms with E-state index in [0.717, 1.165) is 44.2 Å². The van der Waals surface area contributed by atoms with Crippen molar-refractivity contribution in [2.75, 3.05) is 0 Å². The first-order chi connectivity index (χ1) is 12.6. The van der Waals surface area contributed by atoms with E-state index >= 15 is 0 Å². The van der Waals surface area contributed by atoms with Gasteiger partial charge in [-0.25, -0.2) is 9.78 Å². The number of aromatic amines is 1. The Kier molecular flexibility index (Phi) is 4.38. The Labute approximate surface area is 150 Å². The van der Waals surface area contributed by atoms with Crippen LogP contribution in [0.2, 0.25) is 0 Å². The number of aryl methyl sites for hydroxylation is 1. The van der Waals surface area contributed by atoms with Gasteiger partial charge in [-0.3, -0.25) is 19.1 Å². The molecule has 2 aromatic heterocycles. The summed E-state index contributed by atoms with van der Waals surface area (Å²) in [6, 6.07) is 1.90. The zero-order valence-corrected chi connectivity index (χ0v) is 15.0. The molecule has 2 N–H and O–H groups in total. The molecule has 0 aliphatic heterocycles. The summed E-state index contributed by atoms with van der Waals surface area (Å²) in [4.78, 5) is 44.5. The Balaban J connectivity index is 1.85. The number of fused-ring (bicyclic) bond motifs is 1. The largest absolute Gasteiger partial charge is 0.349 e. The third-order valence-corrected chi connectivity index (χ3v) is 5.47. The summed E-state index contributed by atoms with van der Waals surface area (Å²) < 4.78 is 1.43. The summed E-state index contributed by atoms with van der Waals surface area (Å²) in [5.74, 6) is 0.0818. The molecule has 7 heteroatoms. The van der Waals surface area contributed by atoms with Gasteiger partial charge in [-0.05, 0) is 38.7 Å². The molecule has 0 unspecified atom stereocenters. The number of nitrogens with zero attached hydrogens (tertiary/aromatic N) is 2. The SMILES string of the molecule is CCn1c(=O)[nH]c(=O)c2c(C(=O)NC3CCCCC3)cc(C3CC3)nc21. The Bertz CT molecular complexity index is 965. The normalized spacial score (nSPS) is 18.2. The molecule has 138 valence electrons. The number of H-pyrrole nitrogens is 1. The van der Waals surface area contributed by atoms with Crippen molar-refractivity contribution in [3.8, 4) is 0 Å². The average Bonchev–Trinajstić information content (AvgIpc) is 3.47. The summed E-state index contributed by atoms with van der Waals surface area (Å²) in [6.07, 6.45) is 7.44. The minimum absolute atomic E-state index is 0.153. The van der Waals surface area contributed by atoms with Crippen molar-refractivity contribution in [2.24, 2.45) is 0 Å². The summed E-state index contributed by atoms with van der Waals surface area (Å²) in [5.41, 5.74) is 0.436. The van der Waals surface area contributed by atoms with Crippen LogP contribution >= 0.6 is 0 Å². The number of pyridine rings is 1. The molecule has 4 rings (SSSR count). The fourth-order valence-corrected chi connectivity index (χ4v) is 3.86. The van der Waals surface area contributed by atoms with Crippen LogP contribution in [0.25, 0.3) is 11.0 Å². The Morgan fingerprint density at radius 3 is 2.62 bits per heavy atom. The molecule has 2 aromatic rings. The van der Waals surface area contributed by atoms with Gasteiger partial charge >= 0.3 is 5.69 Å². The topological polar surface area (TPSA) is 96.9 Å². The molecule has 0 spiro atoms. The van der Waals surface area contributed by atoms with E-state index in [4.69, 9.17) is 0 Å². The number of carbonyl (C=O) groups is 1. The second-order valence-electron chi connectivity index (χ2n) is 7.38. The maximum absolute atomic E-state index is 13.0. The van der Waals surface area contributed by atoms with E-state index in [1.54, 1.807) is 6.07 Å². The number of nitrogens with one attached hydrogen (secondary N) is 2. The van der Waals surface area contributed by atoms with Crippen LogP contribution in [0.4, 0.5) is 0 Å². The van der Waals surface area contributed by atoms with Crippen LogP contribution < -0.4 is 16.6 Å². The third-order valence-electron chi connectivity index (χ3n) is 5.47. The lowest BCUT2D eigenvalue weighted by Crippen LogP contribution is -2.38. The lowest BCUT2D eigenvalue weighted by Gasteiger charge is -2.23. The highest BCUT2D eigenvalue weighted by Crippen LogP contribution is 2.39. The van der Waals surface area contributed by atoms with E-state index < -0.39 is 11.2 Å². The molecule has 7 nitrogen and oxygen atoms in total. The van der Waals surface area contributed by atoms with Crippen LogP contribution in [0.3, 0.4) is 0 Å². The van der Waals surface area contributed by atoms with Crippen molar-refractivity contribution in [3.63, 3.8) is 0 Å². The van der Waals surface area contributed by atoms with Gasteiger partial charge in [-0.15, -0.1) is 0 Å². The highest BCUT2D eigenvalue weighted by Gasteiger charge is 2.29. The van der Waals surface area contributed by atoms with Crippen LogP contribution in [0.1, 0.15) is 73.8 Å². The van der Waals surface area contributed by atoms with E-state index in [1.807, 2.05) is 6.92 Å². The number of hydrogen-bond acceptors (Lipinski definition) is 4. The predicted octanol–water partition coefficient (Wildman–Crippen LogP) is 2.04. The summed E-state index contributed by atoms with van der Waals surface area (Å²) in [6.45, 7) is 2.21. The van der Waals surface area contributed by atoms with Gasteiger partial charge in [0.2, 0.25) is 0 Å². The molecular weight excluding hydrogens is 332 g/mol. The molecule has 2 aliphatic carbocycles. The van der Waals surface area contributed by atoms with E-state index in [2.05, 4.69) is 15.3 Å². The first kappa shape index (κ1) is 17.0. The highest BCUT2D eigenvalue weighted by molar-refractivity contribution is 6.05.